The van der Waals surface area contributed by atoms with Crippen LogP contribution >= 0.6 is 0 Å². The molecule has 0 saturated heterocycles. The normalized spacial score (nSPS) is 10.0. The predicted molar refractivity (Wildman–Crippen MR) is 59.5 cm³/mol. The molecule has 4 heteroatoms. The zero-order valence-electron chi connectivity index (χ0n) is 8.31. The zero-order valence-corrected chi connectivity index (χ0v) is 8.31. The van der Waals surface area contributed by atoms with Gasteiger partial charge < -0.3 is 10.1 Å². The standard InChI is InChI=1S/C12H9NO3/c14-11-7-9(6-10(13-11)12(15)16)8-4-2-1-3-5-8/h1-7H,(H,13,14)(H,15,16). The number of aromatic nitrogens is 1. The summed E-state index contributed by atoms with van der Waals surface area (Å²) in [7, 11) is 0. The number of hydrogen-bond acceptors (Lipinski definition) is 2. The Morgan fingerprint density at radius 3 is 2.38 bits per heavy atom. The van der Waals surface area contributed by atoms with Gasteiger partial charge in [0.2, 0.25) is 5.56 Å². The van der Waals surface area contributed by atoms with E-state index in [2.05, 4.69) is 4.98 Å². The number of pyridine rings is 1. The smallest absolute Gasteiger partial charge is 0.352 e. The number of carboxylic acids is 1. The molecule has 0 radical (unpaired) electrons. The first-order valence-electron chi connectivity index (χ1n) is 4.70. The average molecular weight is 215 g/mol. The van der Waals surface area contributed by atoms with Crippen LogP contribution in [0.25, 0.3) is 11.1 Å². The number of benzene rings is 1. The molecule has 0 aliphatic heterocycles. The number of carboxylic acid groups (broad SMARTS) is 1. The number of rotatable bonds is 2. The highest BCUT2D eigenvalue weighted by Crippen LogP contribution is 2.17. The number of H-pyrrole nitrogens is 1. The number of aromatic amines is 1. The maximum Gasteiger partial charge on any atom is 0.352 e. The van der Waals surface area contributed by atoms with Gasteiger partial charge in [-0.25, -0.2) is 4.79 Å². The van der Waals surface area contributed by atoms with Gasteiger partial charge in [-0.2, -0.15) is 0 Å². The van der Waals surface area contributed by atoms with Gasteiger partial charge in [0.25, 0.3) is 0 Å². The largest absolute Gasteiger partial charge is 0.477 e. The fourth-order valence-electron chi connectivity index (χ4n) is 1.46. The maximum atomic E-state index is 11.3. The molecule has 0 aliphatic carbocycles. The SMILES string of the molecule is O=C(O)c1cc(-c2ccccc2)cc(=O)[nH]1. The van der Waals surface area contributed by atoms with E-state index in [-0.39, 0.29) is 5.69 Å². The van der Waals surface area contributed by atoms with E-state index in [9.17, 15) is 9.59 Å². The molecule has 1 aromatic carbocycles. The van der Waals surface area contributed by atoms with Crippen LogP contribution in [0.15, 0.2) is 47.3 Å². The Labute approximate surface area is 91.2 Å². The van der Waals surface area contributed by atoms with Crippen molar-refractivity contribution in [1.29, 1.82) is 0 Å². The van der Waals surface area contributed by atoms with Crippen molar-refractivity contribution in [2.45, 2.75) is 0 Å². The lowest BCUT2D eigenvalue weighted by Gasteiger charge is -2.01. The molecule has 0 fully saturated rings. The predicted octanol–water partition coefficient (Wildman–Crippen LogP) is 1.74. The summed E-state index contributed by atoms with van der Waals surface area (Å²) in [5.74, 6) is -1.14. The third kappa shape index (κ3) is 2.00. The van der Waals surface area contributed by atoms with Crippen molar-refractivity contribution in [2.24, 2.45) is 0 Å². The van der Waals surface area contributed by atoms with E-state index in [1.165, 1.54) is 12.1 Å². The Kier molecular flexibility index (Phi) is 2.55. The van der Waals surface area contributed by atoms with Crippen LogP contribution < -0.4 is 5.56 Å². The third-order valence-electron chi connectivity index (χ3n) is 2.18. The molecule has 0 aliphatic rings. The van der Waals surface area contributed by atoms with Gasteiger partial charge in [0.05, 0.1) is 0 Å². The highest BCUT2D eigenvalue weighted by atomic mass is 16.4. The van der Waals surface area contributed by atoms with Gasteiger partial charge in [-0.15, -0.1) is 0 Å². The fourth-order valence-corrected chi connectivity index (χ4v) is 1.46. The quantitative estimate of drug-likeness (QED) is 0.801. The minimum absolute atomic E-state index is 0.105. The lowest BCUT2D eigenvalue weighted by Crippen LogP contribution is -2.11. The first-order chi connectivity index (χ1) is 7.66. The molecule has 0 spiro atoms. The molecular formula is C12H9NO3. The lowest BCUT2D eigenvalue weighted by atomic mass is 10.1. The first-order valence-corrected chi connectivity index (χ1v) is 4.70. The van der Waals surface area contributed by atoms with E-state index in [0.29, 0.717) is 5.56 Å². The molecule has 1 aromatic heterocycles. The van der Waals surface area contributed by atoms with E-state index in [4.69, 9.17) is 5.11 Å². The summed E-state index contributed by atoms with van der Waals surface area (Å²) in [6.45, 7) is 0. The molecule has 0 unspecified atom stereocenters. The number of nitrogens with one attached hydrogen (secondary N) is 1. The molecule has 2 aromatic rings. The summed E-state index contributed by atoms with van der Waals surface area (Å²) >= 11 is 0. The van der Waals surface area contributed by atoms with Crippen LogP contribution in [0.1, 0.15) is 10.5 Å². The molecular weight excluding hydrogens is 206 g/mol. The van der Waals surface area contributed by atoms with Gasteiger partial charge in [0.1, 0.15) is 5.69 Å². The topological polar surface area (TPSA) is 70.2 Å². The first kappa shape index (κ1) is 10.2. The van der Waals surface area contributed by atoms with Gasteiger partial charge in [-0.1, -0.05) is 30.3 Å². The third-order valence-corrected chi connectivity index (χ3v) is 2.18. The van der Waals surface area contributed by atoms with Crippen LogP contribution in [0.3, 0.4) is 0 Å². The Morgan fingerprint density at radius 2 is 1.75 bits per heavy atom. The Morgan fingerprint density at radius 1 is 1.06 bits per heavy atom. The molecule has 80 valence electrons. The summed E-state index contributed by atoms with van der Waals surface area (Å²) < 4.78 is 0. The van der Waals surface area contributed by atoms with Crippen molar-refractivity contribution < 1.29 is 9.90 Å². The van der Waals surface area contributed by atoms with E-state index in [0.717, 1.165) is 5.56 Å². The second kappa shape index (κ2) is 4.02. The highest BCUT2D eigenvalue weighted by molar-refractivity contribution is 5.87. The number of aromatic carboxylic acids is 1. The monoisotopic (exact) mass is 215 g/mol. The highest BCUT2D eigenvalue weighted by Gasteiger charge is 2.06. The second-order valence-electron chi connectivity index (χ2n) is 3.32. The van der Waals surface area contributed by atoms with E-state index in [1.54, 1.807) is 0 Å². The molecule has 0 bridgehead atoms. The summed E-state index contributed by atoms with van der Waals surface area (Å²) in [4.78, 5) is 24.3. The van der Waals surface area contributed by atoms with Gasteiger partial charge in [-0.05, 0) is 17.2 Å². The van der Waals surface area contributed by atoms with Crippen molar-refractivity contribution in [3.8, 4) is 11.1 Å². The summed E-state index contributed by atoms with van der Waals surface area (Å²) in [5.41, 5.74) is 0.892. The lowest BCUT2D eigenvalue weighted by molar-refractivity contribution is 0.0690. The van der Waals surface area contributed by atoms with Gasteiger partial charge in [0, 0.05) is 6.07 Å². The van der Waals surface area contributed by atoms with E-state index >= 15 is 0 Å². The van der Waals surface area contributed by atoms with Gasteiger partial charge >= 0.3 is 5.97 Å². The van der Waals surface area contributed by atoms with Crippen LogP contribution in [0.5, 0.6) is 0 Å². The Balaban J connectivity index is 2.58. The molecule has 0 saturated carbocycles. The molecule has 16 heavy (non-hydrogen) atoms. The Hall–Kier alpha value is -2.36. The summed E-state index contributed by atoms with van der Waals surface area (Å²) in [6.07, 6.45) is 0. The van der Waals surface area contributed by atoms with Crippen molar-refractivity contribution >= 4 is 5.97 Å². The van der Waals surface area contributed by atoms with Crippen LogP contribution in [-0.2, 0) is 0 Å². The minimum atomic E-state index is -1.14. The minimum Gasteiger partial charge on any atom is -0.477 e. The number of hydrogen-bond donors (Lipinski definition) is 2. The van der Waals surface area contributed by atoms with E-state index < -0.39 is 11.5 Å². The average Bonchev–Trinajstić information content (AvgIpc) is 2.29. The summed E-state index contributed by atoms with van der Waals surface area (Å²) in [6, 6.07) is 12.0. The number of carbonyl (C=O) groups is 1. The van der Waals surface area contributed by atoms with Crippen LogP contribution in [0.4, 0.5) is 0 Å². The second-order valence-corrected chi connectivity index (χ2v) is 3.32. The molecule has 2 N–H and O–H groups in total. The molecule has 4 nitrogen and oxygen atoms in total. The molecule has 0 atom stereocenters. The fraction of sp³-hybridized carbons (Fsp3) is 0. The van der Waals surface area contributed by atoms with Crippen LogP contribution in [-0.4, -0.2) is 16.1 Å². The summed E-state index contributed by atoms with van der Waals surface area (Å²) in [5, 5.41) is 8.81. The molecule has 0 amide bonds. The van der Waals surface area contributed by atoms with Crippen LogP contribution in [0, 0.1) is 0 Å². The zero-order chi connectivity index (χ0) is 11.5. The van der Waals surface area contributed by atoms with Crippen molar-refractivity contribution in [3.63, 3.8) is 0 Å². The molecule has 2 rings (SSSR count). The van der Waals surface area contributed by atoms with Crippen LogP contribution in [0.2, 0.25) is 0 Å². The Bertz CT molecular complexity index is 572. The van der Waals surface area contributed by atoms with Crippen molar-refractivity contribution in [1.82, 2.24) is 4.98 Å². The van der Waals surface area contributed by atoms with Crippen molar-refractivity contribution in [2.75, 3.05) is 0 Å². The molecule has 1 heterocycles. The van der Waals surface area contributed by atoms with Crippen molar-refractivity contribution in [3.05, 3.63) is 58.5 Å². The van der Waals surface area contributed by atoms with Gasteiger partial charge in [-0.3, -0.25) is 4.79 Å². The van der Waals surface area contributed by atoms with E-state index in [1.807, 2.05) is 30.3 Å². The van der Waals surface area contributed by atoms with Gasteiger partial charge in [0.15, 0.2) is 0 Å². The maximum absolute atomic E-state index is 11.3.